The van der Waals surface area contributed by atoms with Crippen LogP contribution in [0, 0.1) is 0 Å². The van der Waals surface area contributed by atoms with E-state index in [0.717, 1.165) is 20.7 Å². The lowest BCUT2D eigenvalue weighted by Crippen LogP contribution is -1.99. The molecule has 2 nitrogen and oxygen atoms in total. The number of aliphatic hydroxyl groups excluding tert-OH is 1. The number of hydrogen-bond donors (Lipinski definition) is 1. The minimum atomic E-state index is -0.516. The number of ether oxygens (including phenoxy) is 1. The van der Waals surface area contributed by atoms with E-state index in [1.807, 2.05) is 35.7 Å². The minimum absolute atomic E-state index is 0.516. The van der Waals surface area contributed by atoms with E-state index in [0.29, 0.717) is 6.61 Å². The van der Waals surface area contributed by atoms with Gasteiger partial charge in [0.1, 0.15) is 12.4 Å². The van der Waals surface area contributed by atoms with Crippen LogP contribution in [0.5, 0.6) is 5.75 Å². The highest BCUT2D eigenvalue weighted by Gasteiger charge is 2.09. The molecule has 1 atom stereocenters. The SMILES string of the molecule is C[C@@H](O)c1ccccc1OCc1sccc1Br. The Labute approximate surface area is 113 Å². The van der Waals surface area contributed by atoms with E-state index in [1.165, 1.54) is 0 Å². The van der Waals surface area contributed by atoms with Gasteiger partial charge in [0, 0.05) is 10.0 Å². The van der Waals surface area contributed by atoms with E-state index in [-0.39, 0.29) is 0 Å². The van der Waals surface area contributed by atoms with Crippen LogP contribution in [0.25, 0.3) is 0 Å². The predicted molar refractivity (Wildman–Crippen MR) is 73.4 cm³/mol. The number of hydrogen-bond acceptors (Lipinski definition) is 3. The molecule has 90 valence electrons. The molecule has 0 aliphatic heterocycles. The molecule has 0 bridgehead atoms. The normalized spacial score (nSPS) is 12.4. The Morgan fingerprint density at radius 3 is 2.76 bits per heavy atom. The Hall–Kier alpha value is -0.840. The summed E-state index contributed by atoms with van der Waals surface area (Å²) in [5.41, 5.74) is 0.820. The molecule has 2 aromatic rings. The van der Waals surface area contributed by atoms with Gasteiger partial charge in [0.25, 0.3) is 0 Å². The molecule has 0 spiro atoms. The Balaban J connectivity index is 2.11. The lowest BCUT2D eigenvalue weighted by Gasteiger charge is -2.12. The first kappa shape index (κ1) is 12.6. The fourth-order valence-corrected chi connectivity index (χ4v) is 2.91. The molecular formula is C13H13BrO2S. The maximum atomic E-state index is 9.63. The largest absolute Gasteiger partial charge is 0.488 e. The molecule has 0 saturated heterocycles. The number of aliphatic hydroxyl groups is 1. The van der Waals surface area contributed by atoms with E-state index in [4.69, 9.17) is 4.74 Å². The monoisotopic (exact) mass is 312 g/mol. The quantitative estimate of drug-likeness (QED) is 0.919. The molecule has 0 amide bonds. The average molecular weight is 313 g/mol. The van der Waals surface area contributed by atoms with Gasteiger partial charge in [-0.05, 0) is 40.4 Å². The second-order valence-electron chi connectivity index (χ2n) is 3.69. The number of rotatable bonds is 4. The van der Waals surface area contributed by atoms with Gasteiger partial charge in [-0.15, -0.1) is 11.3 Å². The van der Waals surface area contributed by atoms with Crippen LogP contribution < -0.4 is 4.74 Å². The summed E-state index contributed by atoms with van der Waals surface area (Å²) in [7, 11) is 0. The summed E-state index contributed by atoms with van der Waals surface area (Å²) in [6.07, 6.45) is -0.516. The fourth-order valence-electron chi connectivity index (χ4n) is 1.53. The first-order valence-electron chi connectivity index (χ1n) is 5.30. The molecule has 1 N–H and O–H groups in total. The van der Waals surface area contributed by atoms with Gasteiger partial charge >= 0.3 is 0 Å². The molecule has 0 saturated carbocycles. The lowest BCUT2D eigenvalue weighted by molar-refractivity contribution is 0.190. The van der Waals surface area contributed by atoms with Crippen LogP contribution in [0.2, 0.25) is 0 Å². The molecule has 0 aliphatic rings. The third-order valence-electron chi connectivity index (χ3n) is 2.42. The molecule has 17 heavy (non-hydrogen) atoms. The highest BCUT2D eigenvalue weighted by Crippen LogP contribution is 2.28. The van der Waals surface area contributed by atoms with Crippen LogP contribution in [0.15, 0.2) is 40.2 Å². The third-order valence-corrected chi connectivity index (χ3v) is 4.32. The van der Waals surface area contributed by atoms with Crippen molar-refractivity contribution in [2.45, 2.75) is 19.6 Å². The summed E-state index contributed by atoms with van der Waals surface area (Å²) in [5.74, 6) is 0.739. The molecule has 0 aliphatic carbocycles. The van der Waals surface area contributed by atoms with Crippen LogP contribution in [0.4, 0.5) is 0 Å². The summed E-state index contributed by atoms with van der Waals surface area (Å²) < 4.78 is 6.81. The number of benzene rings is 1. The molecule has 0 radical (unpaired) electrons. The van der Waals surface area contributed by atoms with E-state index in [9.17, 15) is 5.11 Å². The van der Waals surface area contributed by atoms with Gasteiger partial charge in [0.15, 0.2) is 0 Å². The maximum Gasteiger partial charge on any atom is 0.125 e. The van der Waals surface area contributed by atoms with Gasteiger partial charge in [-0.25, -0.2) is 0 Å². The Morgan fingerprint density at radius 1 is 1.35 bits per heavy atom. The van der Waals surface area contributed by atoms with Crippen molar-refractivity contribution in [1.82, 2.24) is 0 Å². The Bertz CT molecular complexity index is 494. The van der Waals surface area contributed by atoms with Gasteiger partial charge in [0.05, 0.1) is 11.0 Å². The molecule has 0 fully saturated rings. The Kier molecular flexibility index (Phi) is 4.20. The van der Waals surface area contributed by atoms with Crippen molar-refractivity contribution in [3.8, 4) is 5.75 Å². The topological polar surface area (TPSA) is 29.5 Å². The minimum Gasteiger partial charge on any atom is -0.488 e. The highest BCUT2D eigenvalue weighted by atomic mass is 79.9. The number of halogens is 1. The lowest BCUT2D eigenvalue weighted by atomic mass is 10.1. The van der Waals surface area contributed by atoms with E-state index in [1.54, 1.807) is 18.3 Å². The smallest absolute Gasteiger partial charge is 0.125 e. The molecule has 2 rings (SSSR count). The van der Waals surface area contributed by atoms with Crippen molar-refractivity contribution in [2.24, 2.45) is 0 Å². The summed E-state index contributed by atoms with van der Waals surface area (Å²) in [4.78, 5) is 1.14. The summed E-state index contributed by atoms with van der Waals surface area (Å²) >= 11 is 5.12. The molecule has 1 aromatic heterocycles. The van der Waals surface area contributed by atoms with Crippen molar-refractivity contribution < 1.29 is 9.84 Å². The zero-order valence-corrected chi connectivity index (χ0v) is 11.8. The number of para-hydroxylation sites is 1. The van der Waals surface area contributed by atoms with E-state index >= 15 is 0 Å². The van der Waals surface area contributed by atoms with Crippen LogP contribution in [-0.4, -0.2) is 5.11 Å². The molecular weight excluding hydrogens is 300 g/mol. The summed E-state index contributed by atoms with van der Waals surface area (Å²) in [6.45, 7) is 2.26. The van der Waals surface area contributed by atoms with Gasteiger partial charge in [0.2, 0.25) is 0 Å². The van der Waals surface area contributed by atoms with Gasteiger partial charge in [-0.1, -0.05) is 18.2 Å². The van der Waals surface area contributed by atoms with Crippen molar-refractivity contribution in [3.63, 3.8) is 0 Å². The first-order chi connectivity index (χ1) is 8.18. The van der Waals surface area contributed by atoms with E-state index < -0.39 is 6.10 Å². The summed E-state index contributed by atoms with van der Waals surface area (Å²) in [5, 5.41) is 11.6. The zero-order chi connectivity index (χ0) is 12.3. The molecule has 1 heterocycles. The van der Waals surface area contributed by atoms with Crippen molar-refractivity contribution in [2.75, 3.05) is 0 Å². The second-order valence-corrected chi connectivity index (χ2v) is 5.55. The molecule has 0 unspecified atom stereocenters. The predicted octanol–water partition coefficient (Wildman–Crippen LogP) is 4.14. The van der Waals surface area contributed by atoms with Gasteiger partial charge in [-0.3, -0.25) is 0 Å². The van der Waals surface area contributed by atoms with Crippen molar-refractivity contribution >= 4 is 27.3 Å². The zero-order valence-electron chi connectivity index (χ0n) is 9.39. The summed E-state index contributed by atoms with van der Waals surface area (Å²) in [6, 6.07) is 9.57. The highest BCUT2D eigenvalue weighted by molar-refractivity contribution is 9.10. The van der Waals surface area contributed by atoms with E-state index in [2.05, 4.69) is 15.9 Å². The van der Waals surface area contributed by atoms with Crippen LogP contribution >= 0.6 is 27.3 Å². The van der Waals surface area contributed by atoms with Crippen molar-refractivity contribution in [3.05, 3.63) is 50.6 Å². The van der Waals surface area contributed by atoms with Crippen LogP contribution in [-0.2, 0) is 6.61 Å². The van der Waals surface area contributed by atoms with Crippen LogP contribution in [0.1, 0.15) is 23.5 Å². The average Bonchev–Trinajstić information content (AvgIpc) is 2.72. The number of thiophene rings is 1. The Morgan fingerprint density at radius 2 is 2.12 bits per heavy atom. The van der Waals surface area contributed by atoms with Gasteiger partial charge < -0.3 is 9.84 Å². The van der Waals surface area contributed by atoms with Crippen LogP contribution in [0.3, 0.4) is 0 Å². The standard InChI is InChI=1S/C13H13BrO2S/c1-9(15)10-4-2-3-5-12(10)16-8-13-11(14)6-7-17-13/h2-7,9,15H,8H2,1H3/t9-/m1/s1. The third kappa shape index (κ3) is 3.09. The maximum absolute atomic E-state index is 9.63. The fraction of sp³-hybridized carbons (Fsp3) is 0.231. The first-order valence-corrected chi connectivity index (χ1v) is 6.97. The second kappa shape index (κ2) is 5.67. The van der Waals surface area contributed by atoms with Gasteiger partial charge in [-0.2, -0.15) is 0 Å². The molecule has 1 aromatic carbocycles. The molecule has 4 heteroatoms. The van der Waals surface area contributed by atoms with Crippen molar-refractivity contribution in [1.29, 1.82) is 0 Å².